The Labute approximate surface area is 363 Å². The number of aromatic amines is 1. The van der Waals surface area contributed by atoms with E-state index in [9.17, 15) is 0 Å². The first kappa shape index (κ1) is 42.2. The van der Waals surface area contributed by atoms with Gasteiger partial charge in [0.2, 0.25) is 0 Å². The van der Waals surface area contributed by atoms with Crippen LogP contribution in [0.5, 0.6) is 23.0 Å². The molecule has 0 unspecified atom stereocenters. The molecule has 0 saturated carbocycles. The van der Waals surface area contributed by atoms with Gasteiger partial charge in [0, 0.05) is 23.1 Å². The van der Waals surface area contributed by atoms with Crippen molar-refractivity contribution in [1.29, 1.82) is 5.41 Å². The third-order valence-electron chi connectivity index (χ3n) is 9.32. The molecule has 4 N–H and O–H groups in total. The molecular formula is C42H40Cl2N10O4S2. The third kappa shape index (κ3) is 9.57. The minimum atomic E-state index is 0.149. The highest BCUT2D eigenvalue weighted by Gasteiger charge is 2.19. The number of ether oxygens (including phenoxy) is 4. The molecule has 0 spiro atoms. The molecule has 8 aromatic rings. The summed E-state index contributed by atoms with van der Waals surface area (Å²) in [4.78, 5) is 27.1. The highest BCUT2D eigenvalue weighted by Crippen LogP contribution is 2.39. The maximum absolute atomic E-state index is 8.16. The van der Waals surface area contributed by atoms with Crippen LogP contribution in [-0.2, 0) is 25.9 Å². The maximum atomic E-state index is 8.16. The van der Waals surface area contributed by atoms with E-state index >= 15 is 0 Å². The Balaban J connectivity index is 0.000000181. The van der Waals surface area contributed by atoms with Crippen LogP contribution in [-0.4, -0.2) is 67.5 Å². The highest BCUT2D eigenvalue weighted by molar-refractivity contribution is 7.99. The molecule has 0 saturated heterocycles. The Bertz CT molecular complexity index is 2830. The summed E-state index contributed by atoms with van der Waals surface area (Å²) in [5, 5.41) is 11.0. The molecule has 0 aliphatic heterocycles. The first-order chi connectivity index (χ1) is 29.2. The molecule has 0 fully saturated rings. The summed E-state index contributed by atoms with van der Waals surface area (Å²) in [6.07, 6.45) is 4.55. The second kappa shape index (κ2) is 19.4. The van der Waals surface area contributed by atoms with Gasteiger partial charge in [0.05, 0.1) is 44.6 Å². The Morgan fingerprint density at radius 3 is 1.90 bits per heavy atom. The lowest BCUT2D eigenvalue weighted by molar-refractivity contribution is 0.394. The lowest BCUT2D eigenvalue weighted by Crippen LogP contribution is -2.13. The van der Waals surface area contributed by atoms with Gasteiger partial charge in [0.25, 0.3) is 0 Å². The standard InChI is InChI=1S/2C21H20ClN5O2S/c1-28-14-7-8-16(29-2)17(11-14)30-21-25-18-19(23)24-12-27(20(18)26-21)10-9-13-5-3-4-6-15(13)22;1-28-14-7-8-16(29-2)17(11-14)30-21-26-18-19(23)24-12-25-20(18)27(21)10-9-13-5-3-4-6-15(13)22/h3-8,11-12,23H,9-10H2,1-2H3,(H,25,26);3-8,11-12H,9-10H2,1-2H3,(H2,23,24,25). The van der Waals surface area contributed by atoms with Crippen LogP contribution in [0.1, 0.15) is 11.1 Å². The maximum Gasteiger partial charge on any atom is 0.175 e. The van der Waals surface area contributed by atoms with Crippen molar-refractivity contribution >= 4 is 74.9 Å². The zero-order valence-electron chi connectivity index (χ0n) is 33.0. The molecule has 0 aliphatic rings. The van der Waals surface area contributed by atoms with E-state index < -0.39 is 0 Å². The zero-order valence-corrected chi connectivity index (χ0v) is 36.1. The summed E-state index contributed by atoms with van der Waals surface area (Å²) in [5.41, 5.74) is 10.8. The number of aromatic nitrogens is 8. The molecule has 14 nitrogen and oxygen atoms in total. The van der Waals surface area contributed by atoms with Crippen molar-refractivity contribution in [2.24, 2.45) is 0 Å². The molecule has 4 aromatic heterocycles. The summed E-state index contributed by atoms with van der Waals surface area (Å²) >= 11 is 15.5. The number of nitrogens with two attached hydrogens (primary N) is 1. The van der Waals surface area contributed by atoms with Gasteiger partial charge < -0.3 is 38.8 Å². The highest BCUT2D eigenvalue weighted by atomic mass is 35.5. The normalized spacial score (nSPS) is 11.0. The van der Waals surface area contributed by atoms with E-state index in [1.165, 1.54) is 29.9 Å². The predicted octanol–water partition coefficient (Wildman–Crippen LogP) is 8.78. The van der Waals surface area contributed by atoms with Gasteiger partial charge in [0.1, 0.15) is 34.8 Å². The van der Waals surface area contributed by atoms with Crippen LogP contribution >= 0.6 is 46.7 Å². The summed E-state index contributed by atoms with van der Waals surface area (Å²) in [6.45, 7) is 1.27. The molecule has 0 amide bonds. The fourth-order valence-corrected chi connectivity index (χ4v) is 8.62. The number of benzene rings is 4. The topological polar surface area (TPSA) is 177 Å². The van der Waals surface area contributed by atoms with Gasteiger partial charge in [-0.3, -0.25) is 5.41 Å². The summed E-state index contributed by atoms with van der Waals surface area (Å²) < 4.78 is 25.6. The number of fused-ring (bicyclic) bond motifs is 2. The molecule has 0 aliphatic carbocycles. The SMILES string of the molecule is COc1ccc(OC)c(Sc2nc3c(N)ncnc3n2CCc2ccccc2Cl)c1.COc1ccc(OC)c(Sc2nc3c([nH]2)c(=N)ncn3CCc2ccccc2Cl)c1. The summed E-state index contributed by atoms with van der Waals surface area (Å²) in [7, 11) is 6.51. The van der Waals surface area contributed by atoms with Gasteiger partial charge in [-0.1, -0.05) is 59.6 Å². The van der Waals surface area contributed by atoms with Gasteiger partial charge in [-0.15, -0.1) is 0 Å². The molecular weight excluding hydrogens is 844 g/mol. The number of anilines is 1. The van der Waals surface area contributed by atoms with Crippen molar-refractivity contribution in [2.75, 3.05) is 34.2 Å². The minimum Gasteiger partial charge on any atom is -0.497 e. The largest absolute Gasteiger partial charge is 0.497 e. The number of hydrogen-bond donors (Lipinski definition) is 3. The first-order valence-electron chi connectivity index (χ1n) is 18.4. The number of imidazole rings is 2. The lowest BCUT2D eigenvalue weighted by Gasteiger charge is -2.12. The van der Waals surface area contributed by atoms with E-state index in [-0.39, 0.29) is 5.49 Å². The van der Waals surface area contributed by atoms with Crippen molar-refractivity contribution in [3.63, 3.8) is 0 Å². The van der Waals surface area contributed by atoms with Crippen molar-refractivity contribution in [3.8, 4) is 23.0 Å². The quantitative estimate of drug-likeness (QED) is 0.0948. The van der Waals surface area contributed by atoms with Crippen molar-refractivity contribution in [2.45, 2.75) is 46.0 Å². The number of methoxy groups -OCH3 is 4. The third-order valence-corrected chi connectivity index (χ3v) is 12.0. The van der Waals surface area contributed by atoms with Crippen molar-refractivity contribution in [3.05, 3.63) is 124 Å². The average molecular weight is 884 g/mol. The van der Waals surface area contributed by atoms with Crippen molar-refractivity contribution in [1.82, 2.24) is 39.0 Å². The van der Waals surface area contributed by atoms with E-state index in [0.29, 0.717) is 46.4 Å². The fraction of sp³-hybridized carbons (Fsp3) is 0.190. The molecule has 18 heteroatoms. The van der Waals surface area contributed by atoms with Crippen LogP contribution in [0.2, 0.25) is 10.0 Å². The van der Waals surface area contributed by atoms with Crippen LogP contribution in [0.25, 0.3) is 22.3 Å². The molecule has 8 rings (SSSR count). The molecule has 0 atom stereocenters. The minimum absolute atomic E-state index is 0.149. The van der Waals surface area contributed by atoms with Gasteiger partial charge >= 0.3 is 0 Å². The van der Waals surface area contributed by atoms with E-state index in [1.807, 2.05) is 94.1 Å². The van der Waals surface area contributed by atoms with Crippen molar-refractivity contribution < 1.29 is 18.9 Å². The number of aryl methyl sites for hydroxylation is 4. The first-order valence-corrected chi connectivity index (χ1v) is 20.8. The Kier molecular flexibility index (Phi) is 13.7. The van der Waals surface area contributed by atoms with E-state index in [2.05, 4.69) is 19.9 Å². The molecule has 4 heterocycles. The van der Waals surface area contributed by atoms with E-state index in [4.69, 9.17) is 63.3 Å². The zero-order chi connectivity index (χ0) is 42.2. The molecule has 0 bridgehead atoms. The number of nitrogen functional groups attached to an aromatic ring is 1. The summed E-state index contributed by atoms with van der Waals surface area (Å²) in [6, 6.07) is 26.8. The van der Waals surface area contributed by atoms with E-state index in [0.717, 1.165) is 72.0 Å². The molecule has 4 aromatic carbocycles. The van der Waals surface area contributed by atoms with Crippen LogP contribution in [0.4, 0.5) is 5.82 Å². The van der Waals surface area contributed by atoms with Gasteiger partial charge in [-0.2, -0.15) is 0 Å². The number of nitrogens with one attached hydrogen (secondary N) is 2. The number of H-pyrrole nitrogens is 1. The Hall–Kier alpha value is -5.94. The van der Waals surface area contributed by atoms with Gasteiger partial charge in [-0.05, 0) is 96.0 Å². The monoisotopic (exact) mass is 882 g/mol. The lowest BCUT2D eigenvalue weighted by atomic mass is 10.1. The second-order valence-corrected chi connectivity index (χ2v) is 15.8. The number of hydrogen-bond acceptors (Lipinski definition) is 13. The Morgan fingerprint density at radius 1 is 0.700 bits per heavy atom. The average Bonchev–Trinajstić information content (AvgIpc) is 3.86. The Morgan fingerprint density at radius 2 is 1.30 bits per heavy atom. The van der Waals surface area contributed by atoms with Crippen LogP contribution < -0.4 is 30.2 Å². The van der Waals surface area contributed by atoms with Crippen LogP contribution in [0.15, 0.2) is 118 Å². The van der Waals surface area contributed by atoms with Gasteiger partial charge in [-0.25, -0.2) is 24.9 Å². The molecule has 60 heavy (non-hydrogen) atoms. The molecule has 308 valence electrons. The number of rotatable bonds is 14. The second-order valence-electron chi connectivity index (χ2n) is 12.9. The predicted molar refractivity (Wildman–Crippen MR) is 235 cm³/mol. The summed E-state index contributed by atoms with van der Waals surface area (Å²) in [5.74, 6) is 3.25. The van der Waals surface area contributed by atoms with Gasteiger partial charge in [0.15, 0.2) is 38.4 Å². The number of halogens is 2. The van der Waals surface area contributed by atoms with E-state index in [1.54, 1.807) is 34.8 Å². The fourth-order valence-electron chi connectivity index (χ4n) is 6.19. The smallest absolute Gasteiger partial charge is 0.175 e. The van der Waals surface area contributed by atoms with Crippen LogP contribution in [0, 0.1) is 5.41 Å². The number of nitrogens with zero attached hydrogens (tertiary/aromatic N) is 7. The molecule has 0 radical (unpaired) electrons. The van der Waals surface area contributed by atoms with Crippen LogP contribution in [0.3, 0.4) is 0 Å².